The molecular formula is C11H11F3N2O4. The number of carbonyl (C=O) groups excluding carboxylic acids is 1. The van der Waals surface area contributed by atoms with Crippen LogP contribution in [0, 0.1) is 10.1 Å². The van der Waals surface area contributed by atoms with Crippen LogP contribution in [-0.2, 0) is 11.0 Å². The Morgan fingerprint density at radius 1 is 1.50 bits per heavy atom. The third-order valence-electron chi connectivity index (χ3n) is 2.44. The quantitative estimate of drug-likeness (QED) is 0.665. The number of rotatable bonds is 5. The zero-order valence-electron chi connectivity index (χ0n) is 10.3. The molecule has 0 bridgehead atoms. The number of carbonyl (C=O) groups is 1. The van der Waals surface area contributed by atoms with Crippen LogP contribution in [0.1, 0.15) is 18.9 Å². The van der Waals surface area contributed by atoms with Gasteiger partial charge in [-0.3, -0.25) is 14.9 Å². The second-order valence-electron chi connectivity index (χ2n) is 3.85. The van der Waals surface area contributed by atoms with Crippen molar-refractivity contribution >= 4 is 11.6 Å². The first kappa shape index (κ1) is 15.7. The number of nitro groups is 1. The molecule has 1 amide bonds. The van der Waals surface area contributed by atoms with Crippen LogP contribution in [0.25, 0.3) is 0 Å². The Labute approximate surface area is 111 Å². The summed E-state index contributed by atoms with van der Waals surface area (Å²) in [6.07, 6.45) is -5.73. The van der Waals surface area contributed by atoms with Crippen LogP contribution in [0.5, 0.6) is 5.75 Å². The molecule has 1 rings (SSSR count). The monoisotopic (exact) mass is 292 g/mol. The van der Waals surface area contributed by atoms with E-state index < -0.39 is 40.1 Å². The van der Waals surface area contributed by atoms with E-state index in [9.17, 15) is 28.1 Å². The van der Waals surface area contributed by atoms with Gasteiger partial charge in [-0.15, -0.1) is 0 Å². The number of ether oxygens (including phenoxy) is 1. The van der Waals surface area contributed by atoms with Crippen molar-refractivity contribution in [3.8, 4) is 5.75 Å². The maximum atomic E-state index is 12.5. The molecule has 0 saturated heterocycles. The molecule has 1 atom stereocenters. The number of nitrogens with zero attached hydrogens (tertiary/aromatic N) is 1. The van der Waals surface area contributed by atoms with Crippen molar-refractivity contribution in [1.29, 1.82) is 0 Å². The number of halogens is 3. The molecule has 0 heterocycles. The maximum Gasteiger partial charge on any atom is 0.416 e. The first-order valence-corrected chi connectivity index (χ1v) is 5.48. The lowest BCUT2D eigenvalue weighted by Crippen LogP contribution is -2.33. The Bertz CT molecular complexity index is 531. The predicted molar refractivity (Wildman–Crippen MR) is 62.0 cm³/mol. The second kappa shape index (κ2) is 5.76. The van der Waals surface area contributed by atoms with Crippen LogP contribution in [-0.4, -0.2) is 16.9 Å². The molecule has 0 aliphatic carbocycles. The van der Waals surface area contributed by atoms with Crippen molar-refractivity contribution in [2.75, 3.05) is 0 Å². The fraction of sp³-hybridized carbons (Fsp3) is 0.364. The molecule has 0 saturated carbocycles. The number of alkyl halides is 3. The lowest BCUT2D eigenvalue weighted by molar-refractivity contribution is -0.386. The summed E-state index contributed by atoms with van der Waals surface area (Å²) in [4.78, 5) is 20.8. The zero-order valence-corrected chi connectivity index (χ0v) is 10.3. The Hall–Kier alpha value is -2.32. The van der Waals surface area contributed by atoms with Crippen molar-refractivity contribution in [3.63, 3.8) is 0 Å². The van der Waals surface area contributed by atoms with Gasteiger partial charge >= 0.3 is 11.9 Å². The number of benzene rings is 1. The zero-order chi connectivity index (χ0) is 15.5. The van der Waals surface area contributed by atoms with E-state index in [1.807, 2.05) is 0 Å². The van der Waals surface area contributed by atoms with Crippen molar-refractivity contribution in [3.05, 3.63) is 33.9 Å². The summed E-state index contributed by atoms with van der Waals surface area (Å²) in [7, 11) is 0. The molecule has 2 N–H and O–H groups in total. The van der Waals surface area contributed by atoms with Gasteiger partial charge in [0, 0.05) is 6.07 Å². The highest BCUT2D eigenvalue weighted by molar-refractivity contribution is 5.79. The van der Waals surface area contributed by atoms with Crippen molar-refractivity contribution < 1.29 is 27.6 Å². The standard InChI is InChI=1S/C11H11F3N2O4/c1-2-8(10(15)17)20-9-4-3-6(11(12,13)14)5-7(9)16(18)19/h3-5,8H,2H2,1H3,(H2,15,17). The maximum absolute atomic E-state index is 12.5. The normalized spacial score (nSPS) is 12.8. The minimum Gasteiger partial charge on any atom is -0.473 e. The highest BCUT2D eigenvalue weighted by Crippen LogP contribution is 2.36. The van der Waals surface area contributed by atoms with Crippen molar-refractivity contribution in [2.24, 2.45) is 5.73 Å². The van der Waals surface area contributed by atoms with E-state index in [4.69, 9.17) is 10.5 Å². The summed E-state index contributed by atoms with van der Waals surface area (Å²) in [5, 5.41) is 10.8. The second-order valence-corrected chi connectivity index (χ2v) is 3.85. The van der Waals surface area contributed by atoms with Gasteiger partial charge in [-0.2, -0.15) is 13.2 Å². The lowest BCUT2D eigenvalue weighted by atomic mass is 10.1. The van der Waals surface area contributed by atoms with E-state index in [1.165, 1.54) is 0 Å². The fourth-order valence-electron chi connectivity index (χ4n) is 1.43. The van der Waals surface area contributed by atoms with Gasteiger partial charge in [-0.05, 0) is 18.6 Å². The van der Waals surface area contributed by atoms with Gasteiger partial charge < -0.3 is 10.5 Å². The summed E-state index contributed by atoms with van der Waals surface area (Å²) in [5.41, 5.74) is 2.95. The van der Waals surface area contributed by atoms with Gasteiger partial charge in [-0.25, -0.2) is 0 Å². The summed E-state index contributed by atoms with van der Waals surface area (Å²) in [6, 6.07) is 1.78. The minimum absolute atomic E-state index is 0.132. The molecule has 0 spiro atoms. The molecule has 0 aliphatic heterocycles. The first-order chi connectivity index (χ1) is 9.16. The van der Waals surface area contributed by atoms with Gasteiger partial charge in [0.2, 0.25) is 0 Å². The molecule has 1 aromatic rings. The molecule has 20 heavy (non-hydrogen) atoms. The van der Waals surface area contributed by atoms with Crippen LogP contribution in [0.3, 0.4) is 0 Å². The highest BCUT2D eigenvalue weighted by atomic mass is 19.4. The Morgan fingerprint density at radius 3 is 2.50 bits per heavy atom. The SMILES string of the molecule is CCC(Oc1ccc(C(F)(F)F)cc1[N+](=O)[O-])C(N)=O. The fourth-order valence-corrected chi connectivity index (χ4v) is 1.43. The average molecular weight is 292 g/mol. The molecule has 1 unspecified atom stereocenters. The third kappa shape index (κ3) is 3.59. The van der Waals surface area contributed by atoms with Crippen molar-refractivity contribution in [1.82, 2.24) is 0 Å². The Kier molecular flexibility index (Phi) is 4.53. The van der Waals surface area contributed by atoms with Crippen LogP contribution in [0.15, 0.2) is 18.2 Å². The first-order valence-electron chi connectivity index (χ1n) is 5.48. The van der Waals surface area contributed by atoms with Crippen LogP contribution in [0.4, 0.5) is 18.9 Å². The van der Waals surface area contributed by atoms with E-state index in [0.717, 1.165) is 6.07 Å². The van der Waals surface area contributed by atoms with E-state index in [2.05, 4.69) is 0 Å². The Balaban J connectivity index is 3.21. The number of primary amides is 1. The van der Waals surface area contributed by atoms with Gasteiger partial charge in [0.05, 0.1) is 10.5 Å². The molecule has 0 fully saturated rings. The number of nitro benzene ring substituents is 1. The smallest absolute Gasteiger partial charge is 0.416 e. The molecule has 9 heteroatoms. The highest BCUT2D eigenvalue weighted by Gasteiger charge is 2.33. The summed E-state index contributed by atoms with van der Waals surface area (Å²) in [5.74, 6) is -1.30. The lowest BCUT2D eigenvalue weighted by Gasteiger charge is -2.15. The summed E-state index contributed by atoms with van der Waals surface area (Å²) in [6.45, 7) is 1.55. The molecule has 110 valence electrons. The van der Waals surface area contributed by atoms with E-state index in [0.29, 0.717) is 12.1 Å². The topological polar surface area (TPSA) is 95.5 Å². The van der Waals surface area contributed by atoms with Gasteiger partial charge in [0.15, 0.2) is 11.9 Å². The van der Waals surface area contributed by atoms with Crippen LogP contribution >= 0.6 is 0 Å². The average Bonchev–Trinajstić information content (AvgIpc) is 2.34. The van der Waals surface area contributed by atoms with Gasteiger partial charge in [0.1, 0.15) is 0 Å². The molecule has 0 aromatic heterocycles. The summed E-state index contributed by atoms with van der Waals surface area (Å²) < 4.78 is 42.4. The van der Waals surface area contributed by atoms with E-state index in [-0.39, 0.29) is 6.42 Å². The van der Waals surface area contributed by atoms with Gasteiger partial charge in [0.25, 0.3) is 5.91 Å². The largest absolute Gasteiger partial charge is 0.473 e. The van der Waals surface area contributed by atoms with Crippen LogP contribution in [0.2, 0.25) is 0 Å². The third-order valence-corrected chi connectivity index (χ3v) is 2.44. The summed E-state index contributed by atoms with van der Waals surface area (Å²) >= 11 is 0. The van der Waals surface area contributed by atoms with E-state index in [1.54, 1.807) is 6.92 Å². The van der Waals surface area contributed by atoms with Crippen LogP contribution < -0.4 is 10.5 Å². The molecule has 0 radical (unpaired) electrons. The Morgan fingerprint density at radius 2 is 2.10 bits per heavy atom. The predicted octanol–water partition coefficient (Wildman–Crippen LogP) is 2.26. The molecular weight excluding hydrogens is 281 g/mol. The number of hydrogen-bond donors (Lipinski definition) is 1. The molecule has 1 aromatic carbocycles. The number of nitrogens with two attached hydrogens (primary N) is 1. The molecule has 6 nitrogen and oxygen atoms in total. The number of amides is 1. The van der Waals surface area contributed by atoms with Crippen molar-refractivity contribution in [2.45, 2.75) is 25.6 Å². The number of hydrogen-bond acceptors (Lipinski definition) is 4. The minimum atomic E-state index is -4.71. The van der Waals surface area contributed by atoms with E-state index >= 15 is 0 Å². The van der Waals surface area contributed by atoms with Gasteiger partial charge in [-0.1, -0.05) is 6.92 Å². The molecule has 0 aliphatic rings.